The molecule has 0 saturated carbocycles. The molecular formula is C19H23N5O5. The van der Waals surface area contributed by atoms with Crippen LogP contribution in [0.5, 0.6) is 5.75 Å². The number of aliphatic hydroxyl groups excluding tert-OH is 3. The smallest absolute Gasteiger partial charge is 0.167 e. The number of hydrogen-bond donors (Lipinski definition) is 4. The molecule has 0 aliphatic carbocycles. The van der Waals surface area contributed by atoms with Crippen LogP contribution in [0, 0.1) is 0 Å². The van der Waals surface area contributed by atoms with Gasteiger partial charge in [0.25, 0.3) is 0 Å². The summed E-state index contributed by atoms with van der Waals surface area (Å²) in [6.07, 6.45) is -0.518. The molecule has 29 heavy (non-hydrogen) atoms. The van der Waals surface area contributed by atoms with E-state index in [0.29, 0.717) is 23.5 Å². The van der Waals surface area contributed by atoms with Crippen molar-refractivity contribution in [3.63, 3.8) is 0 Å². The summed E-state index contributed by atoms with van der Waals surface area (Å²) in [7, 11) is 1.64. The van der Waals surface area contributed by atoms with Gasteiger partial charge in [-0.1, -0.05) is 12.1 Å². The standard InChI is InChI=1S/C19H23N5O5/c1-28-12-4-2-3-11(7-12)5-6-20-17-14-18(22-9-21-17)24(10-23-14)19-16(27)15(26)13(8-25)29-19/h2-4,7,9-10,13,15-16,19,25-27H,5-6,8H2,1H3,(H,20,21,22)/t13-,15-,16-,19?/m1/s1. The van der Waals surface area contributed by atoms with Crippen molar-refractivity contribution in [2.75, 3.05) is 25.6 Å². The Morgan fingerprint density at radius 1 is 1.21 bits per heavy atom. The van der Waals surface area contributed by atoms with Crippen LogP contribution >= 0.6 is 0 Å². The van der Waals surface area contributed by atoms with E-state index in [0.717, 1.165) is 17.7 Å². The summed E-state index contributed by atoms with van der Waals surface area (Å²) >= 11 is 0. The molecule has 4 atom stereocenters. The van der Waals surface area contributed by atoms with Crippen LogP contribution in [0.15, 0.2) is 36.9 Å². The molecule has 10 nitrogen and oxygen atoms in total. The van der Waals surface area contributed by atoms with Crippen molar-refractivity contribution in [2.24, 2.45) is 0 Å². The van der Waals surface area contributed by atoms with Crippen molar-refractivity contribution >= 4 is 17.0 Å². The summed E-state index contributed by atoms with van der Waals surface area (Å²) in [4.78, 5) is 12.9. The number of rotatable bonds is 7. The minimum Gasteiger partial charge on any atom is -0.497 e. The molecule has 1 aliphatic rings. The van der Waals surface area contributed by atoms with E-state index < -0.39 is 31.1 Å². The molecule has 1 aromatic carbocycles. The minimum absolute atomic E-state index is 0.395. The van der Waals surface area contributed by atoms with Gasteiger partial charge in [-0.25, -0.2) is 15.0 Å². The zero-order valence-corrected chi connectivity index (χ0v) is 15.8. The largest absolute Gasteiger partial charge is 0.497 e. The summed E-state index contributed by atoms with van der Waals surface area (Å²) in [5.74, 6) is 1.37. The summed E-state index contributed by atoms with van der Waals surface area (Å²) in [5, 5.41) is 32.8. The maximum atomic E-state index is 10.3. The van der Waals surface area contributed by atoms with Gasteiger partial charge in [-0.3, -0.25) is 4.57 Å². The second-order valence-corrected chi connectivity index (χ2v) is 6.80. The Bertz CT molecular complexity index is 981. The van der Waals surface area contributed by atoms with Gasteiger partial charge in [0.15, 0.2) is 23.2 Å². The van der Waals surface area contributed by atoms with Crippen LogP contribution in [0.1, 0.15) is 11.8 Å². The van der Waals surface area contributed by atoms with Gasteiger partial charge >= 0.3 is 0 Å². The van der Waals surface area contributed by atoms with E-state index in [2.05, 4.69) is 20.3 Å². The second-order valence-electron chi connectivity index (χ2n) is 6.80. The third kappa shape index (κ3) is 3.75. The lowest BCUT2D eigenvalue weighted by atomic mass is 10.1. The highest BCUT2D eigenvalue weighted by Crippen LogP contribution is 2.32. The van der Waals surface area contributed by atoms with Crippen molar-refractivity contribution < 1.29 is 24.8 Å². The Kier molecular flexibility index (Phi) is 5.58. The lowest BCUT2D eigenvalue weighted by Gasteiger charge is -2.16. The van der Waals surface area contributed by atoms with E-state index in [1.165, 1.54) is 17.2 Å². The van der Waals surface area contributed by atoms with Crippen LogP contribution in [0.25, 0.3) is 11.2 Å². The molecule has 10 heteroatoms. The average Bonchev–Trinajstić information content (AvgIpc) is 3.30. The monoisotopic (exact) mass is 401 g/mol. The summed E-state index contributed by atoms with van der Waals surface area (Å²) in [6, 6.07) is 7.85. The van der Waals surface area contributed by atoms with E-state index >= 15 is 0 Å². The SMILES string of the molecule is COc1cccc(CCNc2ncnc3c2ncn3C2O[C@H](CO)[C@@H](O)[C@H]2O)c1. The Balaban J connectivity index is 1.50. The number of imidazole rings is 1. The van der Waals surface area contributed by atoms with E-state index in [4.69, 9.17) is 9.47 Å². The Hall–Kier alpha value is -2.79. The number of methoxy groups -OCH3 is 1. The fourth-order valence-corrected chi connectivity index (χ4v) is 3.43. The van der Waals surface area contributed by atoms with Crippen LogP contribution < -0.4 is 10.1 Å². The van der Waals surface area contributed by atoms with Gasteiger partial charge in [0.2, 0.25) is 0 Å². The van der Waals surface area contributed by atoms with Crippen molar-refractivity contribution in [1.82, 2.24) is 19.5 Å². The van der Waals surface area contributed by atoms with Gasteiger partial charge in [0.05, 0.1) is 20.0 Å². The molecule has 0 radical (unpaired) electrons. The normalized spacial score (nSPS) is 24.1. The van der Waals surface area contributed by atoms with Crippen molar-refractivity contribution in [3.8, 4) is 5.75 Å². The first-order valence-corrected chi connectivity index (χ1v) is 9.29. The highest BCUT2D eigenvalue weighted by Gasteiger charge is 2.44. The molecule has 3 heterocycles. The van der Waals surface area contributed by atoms with Crippen molar-refractivity contribution in [3.05, 3.63) is 42.5 Å². The molecule has 4 N–H and O–H groups in total. The predicted octanol–water partition coefficient (Wildman–Crippen LogP) is 0.101. The van der Waals surface area contributed by atoms with E-state index in [1.54, 1.807) is 7.11 Å². The Labute approximate surface area is 166 Å². The van der Waals surface area contributed by atoms with Crippen LogP contribution in [-0.2, 0) is 11.2 Å². The van der Waals surface area contributed by atoms with Crippen LogP contribution in [0.2, 0.25) is 0 Å². The van der Waals surface area contributed by atoms with Crippen LogP contribution in [0.3, 0.4) is 0 Å². The third-order valence-electron chi connectivity index (χ3n) is 4.99. The number of ether oxygens (including phenoxy) is 2. The number of nitrogens with zero attached hydrogens (tertiary/aromatic N) is 4. The predicted molar refractivity (Wildman–Crippen MR) is 104 cm³/mol. The van der Waals surface area contributed by atoms with E-state index in [9.17, 15) is 15.3 Å². The first kappa shape index (κ1) is 19.5. The van der Waals surface area contributed by atoms with Gasteiger partial charge in [0.1, 0.15) is 30.4 Å². The zero-order valence-electron chi connectivity index (χ0n) is 15.8. The highest BCUT2D eigenvalue weighted by molar-refractivity contribution is 5.82. The lowest BCUT2D eigenvalue weighted by Crippen LogP contribution is -2.33. The van der Waals surface area contributed by atoms with Gasteiger partial charge in [-0.15, -0.1) is 0 Å². The van der Waals surface area contributed by atoms with Gasteiger partial charge in [0, 0.05) is 6.54 Å². The first-order valence-electron chi connectivity index (χ1n) is 9.29. The maximum absolute atomic E-state index is 10.3. The number of benzene rings is 1. The van der Waals surface area contributed by atoms with Gasteiger partial charge < -0.3 is 30.1 Å². The summed E-state index contributed by atoms with van der Waals surface area (Å²) < 4.78 is 12.3. The minimum atomic E-state index is -1.20. The molecule has 2 aromatic heterocycles. The topological polar surface area (TPSA) is 135 Å². The molecule has 1 saturated heterocycles. The molecule has 1 aliphatic heterocycles. The van der Waals surface area contributed by atoms with E-state index in [1.807, 2.05) is 24.3 Å². The fourth-order valence-electron chi connectivity index (χ4n) is 3.43. The molecular weight excluding hydrogens is 378 g/mol. The van der Waals surface area contributed by atoms with Crippen molar-refractivity contribution in [1.29, 1.82) is 0 Å². The van der Waals surface area contributed by atoms with Gasteiger partial charge in [-0.05, 0) is 24.1 Å². The lowest BCUT2D eigenvalue weighted by molar-refractivity contribution is -0.0511. The number of fused-ring (bicyclic) bond motifs is 1. The number of hydrogen-bond acceptors (Lipinski definition) is 9. The van der Waals surface area contributed by atoms with Crippen LogP contribution in [0.4, 0.5) is 5.82 Å². The molecule has 4 rings (SSSR count). The maximum Gasteiger partial charge on any atom is 0.167 e. The quantitative estimate of drug-likeness (QED) is 0.435. The third-order valence-corrected chi connectivity index (χ3v) is 4.99. The van der Waals surface area contributed by atoms with E-state index in [-0.39, 0.29) is 0 Å². The number of aliphatic hydroxyl groups is 3. The average molecular weight is 401 g/mol. The molecule has 3 aromatic rings. The van der Waals surface area contributed by atoms with Gasteiger partial charge in [-0.2, -0.15) is 0 Å². The number of anilines is 1. The zero-order chi connectivity index (χ0) is 20.4. The Morgan fingerprint density at radius 2 is 2.07 bits per heavy atom. The molecule has 1 unspecified atom stereocenters. The first-order chi connectivity index (χ1) is 14.1. The summed E-state index contributed by atoms with van der Waals surface area (Å²) in [6.45, 7) is 0.230. The molecule has 0 spiro atoms. The van der Waals surface area contributed by atoms with Crippen LogP contribution in [-0.4, -0.2) is 73.4 Å². The van der Waals surface area contributed by atoms with Crippen molar-refractivity contribution in [2.45, 2.75) is 31.0 Å². The molecule has 0 amide bonds. The Morgan fingerprint density at radius 3 is 2.83 bits per heavy atom. The number of aromatic nitrogens is 4. The molecule has 0 bridgehead atoms. The fraction of sp³-hybridized carbons (Fsp3) is 0.421. The highest BCUT2D eigenvalue weighted by atomic mass is 16.6. The summed E-state index contributed by atoms with van der Waals surface area (Å²) in [5.41, 5.74) is 2.11. The molecule has 154 valence electrons. The molecule has 1 fully saturated rings. The second kappa shape index (κ2) is 8.29. The number of nitrogens with one attached hydrogen (secondary N) is 1.